The van der Waals surface area contributed by atoms with Gasteiger partial charge >= 0.3 is 0 Å². The largest absolute Gasteiger partial charge is 0.278 e. The van der Waals surface area contributed by atoms with Crippen LogP contribution in [0, 0.1) is 0 Å². The summed E-state index contributed by atoms with van der Waals surface area (Å²) in [7, 11) is 0. The van der Waals surface area contributed by atoms with Crippen molar-refractivity contribution in [3.8, 4) is 28.3 Å². The van der Waals surface area contributed by atoms with Crippen molar-refractivity contribution in [3.63, 3.8) is 0 Å². The van der Waals surface area contributed by atoms with E-state index in [1.807, 2.05) is 0 Å². The van der Waals surface area contributed by atoms with E-state index in [1.54, 1.807) is 11.3 Å². The second-order valence-electron chi connectivity index (χ2n) is 14.1. The molecule has 0 fully saturated rings. The fourth-order valence-electron chi connectivity index (χ4n) is 8.85. The van der Waals surface area contributed by atoms with E-state index in [0.29, 0.717) is 5.95 Å². The van der Waals surface area contributed by atoms with Crippen LogP contribution in [0.1, 0.15) is 0 Å². The standard InChI is InChI=1S/C50H29N3S/c1-2-12-30(13-3-1)31-22-24-33(25-23-31)48-46-40-20-10-11-21-43(40)54-49(46)52-50(51-48)53-41-28-26-32-14-4-5-15-34(32)45(41)47-42(53)29-27-39-37-18-7-6-16-35(37)36-17-8-9-19-38(36)44(39)47/h1-29H. The normalized spacial score (nSPS) is 12.1. The first kappa shape index (κ1) is 29.7. The molecular weight excluding hydrogens is 675 g/mol. The van der Waals surface area contributed by atoms with Crippen molar-refractivity contribution in [2.24, 2.45) is 0 Å². The van der Waals surface area contributed by atoms with E-state index in [2.05, 4.69) is 180 Å². The molecule has 12 rings (SSSR count). The molecule has 3 nitrogen and oxygen atoms in total. The Kier molecular flexibility index (Phi) is 6.21. The SMILES string of the molecule is c1ccc(-c2ccc(-c3nc(-n4c5ccc6ccccc6c5c5c6c7ccccc7c7ccccc7c6ccc54)nc4sc5ccccc5c34)cc2)cc1. The van der Waals surface area contributed by atoms with Gasteiger partial charge in [-0.3, -0.25) is 4.57 Å². The molecular formula is C50H29N3S. The second-order valence-corrected chi connectivity index (χ2v) is 15.1. The van der Waals surface area contributed by atoms with Crippen molar-refractivity contribution in [2.45, 2.75) is 0 Å². The minimum Gasteiger partial charge on any atom is -0.278 e. The fourth-order valence-corrected chi connectivity index (χ4v) is 9.92. The van der Waals surface area contributed by atoms with Gasteiger partial charge in [-0.25, -0.2) is 9.97 Å². The molecule has 0 unspecified atom stereocenters. The second kappa shape index (κ2) is 11.3. The summed E-state index contributed by atoms with van der Waals surface area (Å²) < 4.78 is 3.52. The Morgan fingerprint density at radius 3 is 1.69 bits per heavy atom. The van der Waals surface area contributed by atoms with E-state index in [-0.39, 0.29) is 0 Å². The predicted octanol–water partition coefficient (Wildman–Crippen LogP) is 13.9. The Balaban J connectivity index is 1.23. The maximum absolute atomic E-state index is 5.57. The number of aromatic nitrogens is 3. The first-order valence-electron chi connectivity index (χ1n) is 18.3. The monoisotopic (exact) mass is 703 g/mol. The molecule has 0 radical (unpaired) electrons. The zero-order valence-corrected chi connectivity index (χ0v) is 29.8. The van der Waals surface area contributed by atoms with E-state index in [0.717, 1.165) is 32.5 Å². The highest BCUT2D eigenvalue weighted by Crippen LogP contribution is 2.46. The third-order valence-electron chi connectivity index (χ3n) is 11.2. The third kappa shape index (κ3) is 4.17. The summed E-state index contributed by atoms with van der Waals surface area (Å²) in [6.45, 7) is 0. The van der Waals surface area contributed by atoms with Gasteiger partial charge in [0.05, 0.1) is 16.7 Å². The number of fused-ring (bicyclic) bond motifs is 15. The zero-order chi connectivity index (χ0) is 35.3. The molecule has 0 N–H and O–H groups in total. The topological polar surface area (TPSA) is 30.7 Å². The first-order valence-corrected chi connectivity index (χ1v) is 19.2. The van der Waals surface area contributed by atoms with Gasteiger partial charge in [0.15, 0.2) is 0 Å². The lowest BCUT2D eigenvalue weighted by Crippen LogP contribution is -2.02. The van der Waals surface area contributed by atoms with Crippen LogP contribution in [-0.4, -0.2) is 14.5 Å². The van der Waals surface area contributed by atoms with E-state index in [1.165, 1.54) is 75.1 Å². The number of hydrogen-bond donors (Lipinski definition) is 0. The predicted molar refractivity (Wildman–Crippen MR) is 230 cm³/mol. The maximum Gasteiger partial charge on any atom is 0.236 e. The van der Waals surface area contributed by atoms with Crippen molar-refractivity contribution < 1.29 is 0 Å². The highest BCUT2D eigenvalue weighted by molar-refractivity contribution is 7.25. The van der Waals surface area contributed by atoms with E-state index < -0.39 is 0 Å². The summed E-state index contributed by atoms with van der Waals surface area (Å²) >= 11 is 1.74. The highest BCUT2D eigenvalue weighted by Gasteiger charge is 2.23. The Morgan fingerprint density at radius 1 is 0.352 bits per heavy atom. The number of benzene rings is 9. The molecule has 0 aliphatic rings. The number of hydrogen-bond acceptors (Lipinski definition) is 3. The molecule has 0 aliphatic heterocycles. The van der Waals surface area contributed by atoms with Gasteiger partial charge in [-0.15, -0.1) is 11.3 Å². The van der Waals surface area contributed by atoms with Crippen LogP contribution in [0.15, 0.2) is 176 Å². The van der Waals surface area contributed by atoms with Crippen LogP contribution >= 0.6 is 11.3 Å². The average Bonchev–Trinajstić information content (AvgIpc) is 3.80. The summed E-state index contributed by atoms with van der Waals surface area (Å²) in [6.07, 6.45) is 0. The molecule has 250 valence electrons. The summed E-state index contributed by atoms with van der Waals surface area (Å²) in [5.74, 6) is 0.677. The van der Waals surface area contributed by atoms with Gasteiger partial charge in [-0.1, -0.05) is 158 Å². The lowest BCUT2D eigenvalue weighted by Gasteiger charge is -2.13. The molecule has 3 aromatic heterocycles. The molecule has 0 saturated carbocycles. The Labute approximate surface area is 314 Å². The van der Waals surface area contributed by atoms with Crippen molar-refractivity contribution in [1.29, 1.82) is 0 Å². The third-order valence-corrected chi connectivity index (χ3v) is 12.3. The summed E-state index contributed by atoms with van der Waals surface area (Å²) in [6, 6.07) is 63.6. The van der Waals surface area contributed by atoms with Gasteiger partial charge in [-0.2, -0.15) is 0 Å². The van der Waals surface area contributed by atoms with Crippen molar-refractivity contribution in [2.75, 3.05) is 0 Å². The van der Waals surface area contributed by atoms with E-state index >= 15 is 0 Å². The van der Waals surface area contributed by atoms with E-state index in [9.17, 15) is 0 Å². The lowest BCUT2D eigenvalue weighted by atomic mass is 9.91. The quantitative estimate of drug-likeness (QED) is 0.172. The van der Waals surface area contributed by atoms with Crippen LogP contribution in [-0.2, 0) is 0 Å². The highest BCUT2D eigenvalue weighted by atomic mass is 32.1. The molecule has 0 spiro atoms. The minimum absolute atomic E-state index is 0.677. The fraction of sp³-hybridized carbons (Fsp3) is 0. The molecule has 0 bridgehead atoms. The molecule has 0 amide bonds. The van der Waals surface area contributed by atoms with Crippen LogP contribution in [0.5, 0.6) is 0 Å². The summed E-state index contributed by atoms with van der Waals surface area (Å²) in [4.78, 5) is 12.0. The van der Waals surface area contributed by atoms with Crippen LogP contribution in [0.3, 0.4) is 0 Å². The van der Waals surface area contributed by atoms with Crippen molar-refractivity contribution in [3.05, 3.63) is 176 Å². The van der Waals surface area contributed by atoms with Crippen LogP contribution in [0.25, 0.3) is 114 Å². The van der Waals surface area contributed by atoms with Gasteiger partial charge < -0.3 is 0 Å². The van der Waals surface area contributed by atoms with Gasteiger partial charge in [0.1, 0.15) is 4.83 Å². The maximum atomic E-state index is 5.57. The lowest BCUT2D eigenvalue weighted by molar-refractivity contribution is 1.02. The summed E-state index contributed by atoms with van der Waals surface area (Å²) in [5.41, 5.74) is 6.59. The van der Waals surface area contributed by atoms with Gasteiger partial charge in [0.25, 0.3) is 0 Å². The van der Waals surface area contributed by atoms with Gasteiger partial charge in [0, 0.05) is 37.2 Å². The molecule has 9 aromatic carbocycles. The van der Waals surface area contributed by atoms with Gasteiger partial charge in [0.2, 0.25) is 5.95 Å². The Hall–Kier alpha value is -6.88. The molecule has 3 heterocycles. The Morgan fingerprint density at radius 2 is 0.907 bits per heavy atom. The van der Waals surface area contributed by atoms with Crippen molar-refractivity contribution >= 4 is 96.5 Å². The van der Waals surface area contributed by atoms with Crippen LogP contribution in [0.4, 0.5) is 0 Å². The summed E-state index contributed by atoms with van der Waals surface area (Å²) in [5, 5.41) is 14.7. The average molecular weight is 704 g/mol. The van der Waals surface area contributed by atoms with Crippen LogP contribution < -0.4 is 0 Å². The van der Waals surface area contributed by atoms with Gasteiger partial charge in [-0.05, 0) is 67.0 Å². The number of rotatable bonds is 3. The molecule has 0 aliphatic carbocycles. The van der Waals surface area contributed by atoms with Crippen LogP contribution in [0.2, 0.25) is 0 Å². The number of thiophene rings is 1. The number of nitrogens with zero attached hydrogens (tertiary/aromatic N) is 3. The molecule has 54 heavy (non-hydrogen) atoms. The smallest absolute Gasteiger partial charge is 0.236 e. The molecule has 4 heteroatoms. The zero-order valence-electron chi connectivity index (χ0n) is 29.0. The van der Waals surface area contributed by atoms with E-state index in [4.69, 9.17) is 9.97 Å². The Bertz CT molecular complexity index is 3450. The van der Waals surface area contributed by atoms with Crippen molar-refractivity contribution in [1.82, 2.24) is 14.5 Å². The minimum atomic E-state index is 0.677. The molecule has 0 atom stereocenters. The molecule has 0 saturated heterocycles. The molecule has 12 aromatic rings. The first-order chi connectivity index (χ1) is 26.8.